The van der Waals surface area contributed by atoms with Gasteiger partial charge in [-0.2, -0.15) is 0 Å². The second-order valence-electron chi connectivity index (χ2n) is 2.89. The smallest absolute Gasteiger partial charge is 0.0728 e. The van der Waals surface area contributed by atoms with Gasteiger partial charge < -0.3 is 0 Å². The van der Waals surface area contributed by atoms with E-state index >= 15 is 0 Å². The van der Waals surface area contributed by atoms with Gasteiger partial charge in [0.25, 0.3) is 0 Å². The lowest BCUT2D eigenvalue weighted by Crippen LogP contribution is -1.90. The molecule has 0 aliphatic heterocycles. The van der Waals surface area contributed by atoms with Gasteiger partial charge in [-0.3, -0.25) is 4.98 Å². The molecule has 2 aromatic rings. The molecule has 3 heteroatoms. The van der Waals surface area contributed by atoms with E-state index < -0.39 is 0 Å². The van der Waals surface area contributed by atoms with Crippen molar-refractivity contribution in [1.29, 1.82) is 0 Å². The highest BCUT2D eigenvalue weighted by molar-refractivity contribution is 9.11. The molecular formula is C11H5Br2N. The predicted octanol–water partition coefficient (Wildman–Crippen LogP) is 3.88. The SMILES string of the molecule is [CH]c1nc2cc(Br)ccc2c(Br)c1[CH]. The Bertz CT molecular complexity index is 506. The standard InChI is InChI=1S/C11H5Br2N/c1-6-7(2)14-10-5-8(12)3-4-9(10)11(6)13/h1-5H. The number of rotatable bonds is 0. The zero-order valence-corrected chi connectivity index (χ0v) is 10.3. The molecule has 1 aromatic heterocycles. The van der Waals surface area contributed by atoms with Crippen molar-refractivity contribution in [3.05, 3.63) is 52.2 Å². The predicted molar refractivity (Wildman–Crippen MR) is 63.9 cm³/mol. The van der Waals surface area contributed by atoms with Crippen LogP contribution >= 0.6 is 31.9 Å². The van der Waals surface area contributed by atoms with Crippen LogP contribution in [0.1, 0.15) is 11.3 Å². The minimum atomic E-state index is 0.350. The quantitative estimate of drug-likeness (QED) is 0.719. The number of pyridine rings is 1. The fraction of sp³-hybridized carbons (Fsp3) is 0. The van der Waals surface area contributed by atoms with Crippen LogP contribution in [-0.4, -0.2) is 4.98 Å². The van der Waals surface area contributed by atoms with E-state index in [1.54, 1.807) is 0 Å². The third-order valence-corrected chi connectivity index (χ3v) is 3.30. The van der Waals surface area contributed by atoms with Crippen molar-refractivity contribution in [2.45, 2.75) is 0 Å². The molecule has 0 spiro atoms. The first-order valence-electron chi connectivity index (χ1n) is 3.89. The van der Waals surface area contributed by atoms with Gasteiger partial charge in [0.05, 0.1) is 11.2 Å². The van der Waals surface area contributed by atoms with Crippen LogP contribution in [0.15, 0.2) is 27.1 Å². The Kier molecular flexibility index (Phi) is 2.62. The van der Waals surface area contributed by atoms with Crippen molar-refractivity contribution in [2.24, 2.45) is 0 Å². The van der Waals surface area contributed by atoms with Crippen LogP contribution in [0.5, 0.6) is 0 Å². The molecule has 0 atom stereocenters. The molecule has 0 saturated carbocycles. The monoisotopic (exact) mass is 309 g/mol. The van der Waals surface area contributed by atoms with E-state index in [-0.39, 0.29) is 0 Å². The minimum Gasteiger partial charge on any atom is -0.252 e. The molecule has 1 nitrogen and oxygen atoms in total. The van der Waals surface area contributed by atoms with E-state index in [0.717, 1.165) is 19.8 Å². The number of hydrogen-bond acceptors (Lipinski definition) is 1. The summed E-state index contributed by atoms with van der Waals surface area (Å²) in [6.45, 7) is 11.4. The summed E-state index contributed by atoms with van der Waals surface area (Å²) in [5, 5.41) is 0.958. The van der Waals surface area contributed by atoms with Crippen molar-refractivity contribution in [2.75, 3.05) is 0 Å². The molecule has 2 rings (SSSR count). The Morgan fingerprint density at radius 2 is 1.86 bits per heavy atom. The molecule has 0 amide bonds. The average molecular weight is 311 g/mol. The lowest BCUT2D eigenvalue weighted by Gasteiger charge is -2.06. The number of hydrogen-bond donors (Lipinski definition) is 0. The third kappa shape index (κ3) is 1.59. The number of halogens is 2. The van der Waals surface area contributed by atoms with Crippen LogP contribution < -0.4 is 0 Å². The van der Waals surface area contributed by atoms with E-state index in [4.69, 9.17) is 13.8 Å². The van der Waals surface area contributed by atoms with Gasteiger partial charge in [0.15, 0.2) is 0 Å². The van der Waals surface area contributed by atoms with Gasteiger partial charge in [0.1, 0.15) is 0 Å². The lowest BCUT2D eigenvalue weighted by atomic mass is 10.1. The van der Waals surface area contributed by atoms with E-state index in [1.807, 2.05) is 18.2 Å². The van der Waals surface area contributed by atoms with Crippen LogP contribution in [0.4, 0.5) is 0 Å². The summed E-state index contributed by atoms with van der Waals surface area (Å²) in [5.41, 5.74) is 1.65. The Morgan fingerprint density at radius 1 is 1.14 bits per heavy atom. The third-order valence-electron chi connectivity index (χ3n) is 1.95. The highest BCUT2D eigenvalue weighted by atomic mass is 79.9. The Hall–Kier alpha value is -0.410. The molecule has 0 fully saturated rings. The normalized spacial score (nSPS) is 10.9. The summed E-state index contributed by atoms with van der Waals surface area (Å²) in [4.78, 5) is 4.19. The molecule has 0 N–H and O–H groups in total. The Labute approximate surface area is 99.8 Å². The summed E-state index contributed by atoms with van der Waals surface area (Å²) in [6, 6.07) is 5.77. The summed E-state index contributed by atoms with van der Waals surface area (Å²) in [5.74, 6) is 0. The highest BCUT2D eigenvalue weighted by Crippen LogP contribution is 2.29. The highest BCUT2D eigenvalue weighted by Gasteiger charge is 2.06. The van der Waals surface area contributed by atoms with Crippen molar-refractivity contribution in [3.63, 3.8) is 0 Å². The Balaban J connectivity index is 2.91. The average Bonchev–Trinajstić information content (AvgIpc) is 2.14. The molecule has 1 heterocycles. The number of fused-ring (bicyclic) bond motifs is 1. The second kappa shape index (κ2) is 3.63. The molecule has 68 valence electrons. The van der Waals surface area contributed by atoms with Crippen LogP contribution in [0.3, 0.4) is 0 Å². The van der Waals surface area contributed by atoms with E-state index in [9.17, 15) is 0 Å². The molecule has 0 aliphatic carbocycles. The topological polar surface area (TPSA) is 12.9 Å². The van der Waals surface area contributed by atoms with E-state index in [1.165, 1.54) is 0 Å². The van der Waals surface area contributed by atoms with Crippen molar-refractivity contribution < 1.29 is 0 Å². The number of nitrogens with zero attached hydrogens (tertiary/aromatic N) is 1. The largest absolute Gasteiger partial charge is 0.252 e. The van der Waals surface area contributed by atoms with E-state index in [0.29, 0.717) is 11.3 Å². The summed E-state index contributed by atoms with van der Waals surface area (Å²) in [7, 11) is 0. The lowest BCUT2D eigenvalue weighted by molar-refractivity contribution is 1.29. The Morgan fingerprint density at radius 3 is 2.57 bits per heavy atom. The molecule has 4 radical (unpaired) electrons. The first-order chi connectivity index (χ1) is 6.59. The summed E-state index contributed by atoms with van der Waals surface area (Å²) < 4.78 is 1.76. The fourth-order valence-electron chi connectivity index (χ4n) is 1.23. The zero-order valence-electron chi connectivity index (χ0n) is 7.09. The summed E-state index contributed by atoms with van der Waals surface area (Å²) >= 11 is 6.77. The molecule has 1 aromatic carbocycles. The minimum absolute atomic E-state index is 0.350. The number of aromatic nitrogens is 1. The summed E-state index contributed by atoms with van der Waals surface area (Å²) in [6.07, 6.45) is 0. The van der Waals surface area contributed by atoms with Gasteiger partial charge in [-0.1, -0.05) is 22.0 Å². The first-order valence-corrected chi connectivity index (χ1v) is 5.48. The van der Waals surface area contributed by atoms with Crippen LogP contribution in [0, 0.1) is 13.8 Å². The van der Waals surface area contributed by atoms with Gasteiger partial charge >= 0.3 is 0 Å². The van der Waals surface area contributed by atoms with Crippen LogP contribution in [0.2, 0.25) is 0 Å². The molecule has 0 saturated heterocycles. The number of benzene rings is 1. The molecule has 14 heavy (non-hydrogen) atoms. The van der Waals surface area contributed by atoms with Crippen molar-refractivity contribution in [1.82, 2.24) is 4.98 Å². The van der Waals surface area contributed by atoms with Gasteiger partial charge in [0, 0.05) is 28.2 Å². The van der Waals surface area contributed by atoms with Gasteiger partial charge in [0.2, 0.25) is 0 Å². The maximum Gasteiger partial charge on any atom is 0.0728 e. The first kappa shape index (κ1) is 10.1. The van der Waals surface area contributed by atoms with Gasteiger partial charge in [-0.25, -0.2) is 0 Å². The van der Waals surface area contributed by atoms with E-state index in [2.05, 4.69) is 36.8 Å². The van der Waals surface area contributed by atoms with Crippen molar-refractivity contribution in [3.8, 4) is 0 Å². The maximum atomic E-state index is 5.74. The second-order valence-corrected chi connectivity index (χ2v) is 4.59. The van der Waals surface area contributed by atoms with Crippen molar-refractivity contribution >= 4 is 42.8 Å². The molecule has 0 bridgehead atoms. The van der Waals surface area contributed by atoms with Crippen LogP contribution in [0.25, 0.3) is 10.9 Å². The molecular weight excluding hydrogens is 306 g/mol. The zero-order chi connectivity index (χ0) is 10.3. The van der Waals surface area contributed by atoms with Gasteiger partial charge in [-0.05, 0) is 33.6 Å². The van der Waals surface area contributed by atoms with Gasteiger partial charge in [-0.15, -0.1) is 0 Å². The fourth-order valence-corrected chi connectivity index (χ4v) is 2.12. The maximum absolute atomic E-state index is 5.74. The molecule has 0 unspecified atom stereocenters. The van der Waals surface area contributed by atoms with Crippen LogP contribution in [-0.2, 0) is 0 Å². The molecule has 0 aliphatic rings.